The van der Waals surface area contributed by atoms with E-state index in [2.05, 4.69) is 0 Å². The molecule has 0 aliphatic rings. The lowest BCUT2D eigenvalue weighted by molar-refractivity contribution is 0.0991. The molecule has 22 heavy (non-hydrogen) atoms. The van der Waals surface area contributed by atoms with Crippen LogP contribution >= 0.6 is 0 Å². The van der Waals surface area contributed by atoms with Crippen molar-refractivity contribution < 1.29 is 14.3 Å². The van der Waals surface area contributed by atoms with Gasteiger partial charge in [-0.1, -0.05) is 30.3 Å². The molecule has 2 rings (SSSR count). The number of Topliss-reactive ketones (excluding diaryl/α,β-unsaturated/α-hetero) is 1. The van der Waals surface area contributed by atoms with Gasteiger partial charge in [0, 0.05) is 17.5 Å². The Balaban J connectivity index is 2.31. The Hall–Kier alpha value is -2.29. The number of aryl methyl sites for hydroxylation is 1. The number of carbonyl (C=O) groups excluding carboxylic acids is 1. The summed E-state index contributed by atoms with van der Waals surface area (Å²) in [6, 6.07) is 13.2. The van der Waals surface area contributed by atoms with Gasteiger partial charge in [0.05, 0.1) is 13.2 Å². The Bertz CT molecular complexity index is 633. The van der Waals surface area contributed by atoms with Gasteiger partial charge in [0.15, 0.2) is 5.78 Å². The van der Waals surface area contributed by atoms with Gasteiger partial charge >= 0.3 is 0 Å². The zero-order chi connectivity index (χ0) is 15.9. The van der Waals surface area contributed by atoms with Crippen molar-refractivity contribution in [3.8, 4) is 11.5 Å². The maximum Gasteiger partial charge on any atom is 0.167 e. The molecule has 0 saturated carbocycles. The molecule has 0 N–H and O–H groups in total. The Kier molecular flexibility index (Phi) is 5.59. The summed E-state index contributed by atoms with van der Waals surface area (Å²) in [5, 5.41) is 0. The molecule has 0 spiro atoms. The minimum atomic E-state index is 0.0767. The lowest BCUT2D eigenvalue weighted by atomic mass is 10.0. The average molecular weight is 298 g/mol. The van der Waals surface area contributed by atoms with Crippen molar-refractivity contribution in [2.45, 2.75) is 27.2 Å². The molecule has 116 valence electrons. The fraction of sp³-hybridized carbons (Fsp3) is 0.316. The molecule has 0 unspecified atom stereocenters. The molecule has 0 aliphatic carbocycles. The van der Waals surface area contributed by atoms with E-state index in [-0.39, 0.29) is 5.78 Å². The van der Waals surface area contributed by atoms with Crippen LogP contribution in [0.1, 0.15) is 35.3 Å². The van der Waals surface area contributed by atoms with E-state index in [1.807, 2.05) is 63.2 Å². The summed E-state index contributed by atoms with van der Waals surface area (Å²) in [5.74, 6) is 1.64. The Labute approximate surface area is 131 Å². The topological polar surface area (TPSA) is 35.5 Å². The largest absolute Gasteiger partial charge is 0.494 e. The van der Waals surface area contributed by atoms with E-state index in [0.29, 0.717) is 25.2 Å². The van der Waals surface area contributed by atoms with Gasteiger partial charge in [-0.25, -0.2) is 0 Å². The minimum Gasteiger partial charge on any atom is -0.494 e. The second-order valence-corrected chi connectivity index (χ2v) is 5.06. The zero-order valence-electron chi connectivity index (χ0n) is 13.4. The van der Waals surface area contributed by atoms with Crippen LogP contribution in [0.3, 0.4) is 0 Å². The zero-order valence-corrected chi connectivity index (χ0v) is 13.4. The lowest BCUT2D eigenvalue weighted by Crippen LogP contribution is -2.07. The molecule has 0 heterocycles. The number of carbonyl (C=O) groups is 1. The van der Waals surface area contributed by atoms with Gasteiger partial charge < -0.3 is 9.47 Å². The van der Waals surface area contributed by atoms with Gasteiger partial charge in [0.25, 0.3) is 0 Å². The van der Waals surface area contributed by atoms with Gasteiger partial charge in [-0.2, -0.15) is 0 Å². The molecule has 0 atom stereocenters. The van der Waals surface area contributed by atoms with E-state index in [9.17, 15) is 4.79 Å². The molecule has 3 heteroatoms. The van der Waals surface area contributed by atoms with Crippen LogP contribution in [0.2, 0.25) is 0 Å². The highest BCUT2D eigenvalue weighted by Crippen LogP contribution is 2.29. The van der Waals surface area contributed by atoms with Crippen LogP contribution in [0.4, 0.5) is 0 Å². The van der Waals surface area contributed by atoms with Crippen LogP contribution < -0.4 is 9.47 Å². The van der Waals surface area contributed by atoms with Crippen molar-refractivity contribution in [2.24, 2.45) is 0 Å². The second kappa shape index (κ2) is 7.64. The molecule has 3 nitrogen and oxygen atoms in total. The third-order valence-electron chi connectivity index (χ3n) is 3.40. The van der Waals surface area contributed by atoms with Crippen molar-refractivity contribution in [3.05, 3.63) is 59.2 Å². The fourth-order valence-corrected chi connectivity index (χ4v) is 2.34. The first-order valence-corrected chi connectivity index (χ1v) is 7.63. The third-order valence-corrected chi connectivity index (χ3v) is 3.40. The molecular formula is C19H22O3. The van der Waals surface area contributed by atoms with Crippen LogP contribution in [0.15, 0.2) is 42.5 Å². The van der Waals surface area contributed by atoms with Gasteiger partial charge in [-0.15, -0.1) is 0 Å². The van der Waals surface area contributed by atoms with E-state index in [1.165, 1.54) is 0 Å². The highest BCUT2D eigenvalue weighted by atomic mass is 16.5. The summed E-state index contributed by atoms with van der Waals surface area (Å²) < 4.78 is 11.3. The predicted octanol–water partition coefficient (Wildman–Crippen LogP) is 4.22. The molecule has 0 amide bonds. The van der Waals surface area contributed by atoms with Gasteiger partial charge in [0.2, 0.25) is 0 Å². The number of ether oxygens (including phenoxy) is 2. The number of rotatable bonds is 7. The van der Waals surface area contributed by atoms with Crippen molar-refractivity contribution in [3.63, 3.8) is 0 Å². The highest BCUT2D eigenvalue weighted by molar-refractivity contribution is 5.97. The highest BCUT2D eigenvalue weighted by Gasteiger charge is 2.14. The number of hydrogen-bond acceptors (Lipinski definition) is 3. The molecule has 0 fully saturated rings. The quantitative estimate of drug-likeness (QED) is 0.718. The second-order valence-electron chi connectivity index (χ2n) is 5.06. The summed E-state index contributed by atoms with van der Waals surface area (Å²) in [6.45, 7) is 7.04. The van der Waals surface area contributed by atoms with E-state index in [4.69, 9.17) is 9.47 Å². The molecule has 0 aliphatic heterocycles. The first-order chi connectivity index (χ1) is 10.7. The van der Waals surface area contributed by atoms with Gasteiger partial charge in [-0.05, 0) is 38.5 Å². The lowest BCUT2D eigenvalue weighted by Gasteiger charge is -2.15. The van der Waals surface area contributed by atoms with E-state index in [1.54, 1.807) is 0 Å². The molecule has 0 saturated heterocycles. The van der Waals surface area contributed by atoms with Crippen LogP contribution in [0, 0.1) is 6.92 Å². The predicted molar refractivity (Wildman–Crippen MR) is 88.0 cm³/mol. The standard InChI is InChI=1S/C19H22O3/c1-4-21-18-13-16(19(22-5-2)11-14(18)3)12-17(20)15-9-7-6-8-10-15/h6-11,13H,4-5,12H2,1-3H3. The maximum atomic E-state index is 12.4. The summed E-state index contributed by atoms with van der Waals surface area (Å²) in [7, 11) is 0. The number of hydrogen-bond donors (Lipinski definition) is 0. The minimum absolute atomic E-state index is 0.0767. The number of ketones is 1. The first-order valence-electron chi connectivity index (χ1n) is 7.63. The monoisotopic (exact) mass is 298 g/mol. The van der Waals surface area contributed by atoms with Crippen molar-refractivity contribution in [1.82, 2.24) is 0 Å². The van der Waals surface area contributed by atoms with Crippen LogP contribution in [-0.2, 0) is 6.42 Å². The maximum absolute atomic E-state index is 12.4. The van der Waals surface area contributed by atoms with Crippen LogP contribution in [0.25, 0.3) is 0 Å². The summed E-state index contributed by atoms with van der Waals surface area (Å²) in [5.41, 5.74) is 2.59. The van der Waals surface area contributed by atoms with Crippen molar-refractivity contribution in [2.75, 3.05) is 13.2 Å². The normalized spacial score (nSPS) is 10.3. The smallest absolute Gasteiger partial charge is 0.167 e. The van der Waals surface area contributed by atoms with Crippen LogP contribution in [-0.4, -0.2) is 19.0 Å². The van der Waals surface area contributed by atoms with Crippen molar-refractivity contribution >= 4 is 5.78 Å². The Morgan fingerprint density at radius 2 is 1.59 bits per heavy atom. The van der Waals surface area contributed by atoms with Gasteiger partial charge in [-0.3, -0.25) is 4.79 Å². The summed E-state index contributed by atoms with van der Waals surface area (Å²) >= 11 is 0. The van der Waals surface area contributed by atoms with Crippen molar-refractivity contribution in [1.29, 1.82) is 0 Å². The van der Waals surface area contributed by atoms with Gasteiger partial charge in [0.1, 0.15) is 11.5 Å². The Morgan fingerprint density at radius 1 is 0.955 bits per heavy atom. The van der Waals surface area contributed by atoms with E-state index < -0.39 is 0 Å². The molecule has 0 aromatic heterocycles. The van der Waals surface area contributed by atoms with E-state index >= 15 is 0 Å². The molecular weight excluding hydrogens is 276 g/mol. The summed E-state index contributed by atoms with van der Waals surface area (Å²) in [4.78, 5) is 12.4. The Morgan fingerprint density at radius 3 is 2.23 bits per heavy atom. The number of benzene rings is 2. The molecule has 2 aromatic rings. The van der Waals surface area contributed by atoms with Crippen LogP contribution in [0.5, 0.6) is 11.5 Å². The van der Waals surface area contributed by atoms with E-state index in [0.717, 1.165) is 22.6 Å². The molecule has 2 aromatic carbocycles. The fourth-order valence-electron chi connectivity index (χ4n) is 2.34. The summed E-state index contributed by atoms with van der Waals surface area (Å²) in [6.07, 6.45) is 0.305. The first kappa shape index (κ1) is 16.1. The average Bonchev–Trinajstić information content (AvgIpc) is 2.53. The third kappa shape index (κ3) is 3.88. The molecule has 0 bridgehead atoms. The molecule has 0 radical (unpaired) electrons. The SMILES string of the molecule is CCOc1cc(CC(=O)c2ccccc2)c(OCC)cc1C.